The zero-order valence-electron chi connectivity index (χ0n) is 8.63. The molecular formula is C11H12FN3. The van der Waals surface area contributed by atoms with Gasteiger partial charge < -0.3 is 10.3 Å². The van der Waals surface area contributed by atoms with E-state index in [4.69, 9.17) is 0 Å². The molecular weight excluding hydrogens is 193 g/mol. The molecule has 0 saturated carbocycles. The number of benzene rings is 1. The Labute approximate surface area is 87.4 Å². The van der Waals surface area contributed by atoms with Crippen molar-refractivity contribution in [2.75, 3.05) is 12.4 Å². The average molecular weight is 205 g/mol. The minimum Gasteiger partial charge on any atom is -0.359 e. The largest absolute Gasteiger partial charge is 0.359 e. The molecule has 0 radical (unpaired) electrons. The van der Waals surface area contributed by atoms with Crippen molar-refractivity contribution in [1.82, 2.24) is 9.97 Å². The molecule has 15 heavy (non-hydrogen) atoms. The van der Waals surface area contributed by atoms with Crippen molar-refractivity contribution in [3.63, 3.8) is 0 Å². The van der Waals surface area contributed by atoms with Crippen molar-refractivity contribution in [2.24, 2.45) is 0 Å². The molecule has 0 amide bonds. The molecule has 0 aliphatic carbocycles. The fourth-order valence-corrected chi connectivity index (χ4v) is 1.49. The standard InChI is InChI=1S/C11H12FN3/c1-7-10(15-11(13-2)14-7)8-5-3-4-6-9(8)12/h3-6H,1-2H3,(H2,13,14,15). The molecule has 0 aliphatic rings. The van der Waals surface area contributed by atoms with Crippen LogP contribution in [0.3, 0.4) is 0 Å². The molecule has 1 aromatic heterocycles. The highest BCUT2D eigenvalue weighted by Gasteiger charge is 2.11. The van der Waals surface area contributed by atoms with E-state index in [0.717, 1.165) is 5.69 Å². The lowest BCUT2D eigenvalue weighted by Gasteiger charge is -1.99. The first-order valence-corrected chi connectivity index (χ1v) is 4.71. The van der Waals surface area contributed by atoms with Crippen molar-refractivity contribution < 1.29 is 4.39 Å². The molecule has 4 heteroatoms. The number of H-pyrrole nitrogens is 1. The van der Waals surface area contributed by atoms with Crippen molar-refractivity contribution in [3.05, 3.63) is 35.8 Å². The highest BCUT2D eigenvalue weighted by atomic mass is 19.1. The summed E-state index contributed by atoms with van der Waals surface area (Å²) in [6.45, 7) is 1.87. The maximum absolute atomic E-state index is 13.5. The van der Waals surface area contributed by atoms with Gasteiger partial charge in [-0.3, -0.25) is 0 Å². The van der Waals surface area contributed by atoms with E-state index in [1.54, 1.807) is 25.2 Å². The summed E-state index contributed by atoms with van der Waals surface area (Å²) in [5.74, 6) is 0.389. The number of nitrogens with zero attached hydrogens (tertiary/aromatic N) is 1. The fraction of sp³-hybridized carbons (Fsp3) is 0.182. The van der Waals surface area contributed by atoms with Crippen LogP contribution in [0.15, 0.2) is 24.3 Å². The number of hydrogen-bond acceptors (Lipinski definition) is 2. The highest BCUT2D eigenvalue weighted by Crippen LogP contribution is 2.24. The third-order valence-corrected chi connectivity index (χ3v) is 2.25. The smallest absolute Gasteiger partial charge is 0.200 e. The third kappa shape index (κ3) is 1.70. The van der Waals surface area contributed by atoms with Gasteiger partial charge >= 0.3 is 0 Å². The maximum Gasteiger partial charge on any atom is 0.200 e. The van der Waals surface area contributed by atoms with Gasteiger partial charge in [-0.05, 0) is 19.1 Å². The lowest BCUT2D eigenvalue weighted by molar-refractivity contribution is 0.630. The number of hydrogen-bond donors (Lipinski definition) is 2. The number of imidazole rings is 1. The number of aromatic amines is 1. The van der Waals surface area contributed by atoms with Gasteiger partial charge in [0.2, 0.25) is 5.95 Å². The molecule has 0 fully saturated rings. The summed E-state index contributed by atoms with van der Waals surface area (Å²) in [5, 5.41) is 2.89. The average Bonchev–Trinajstić information content (AvgIpc) is 2.60. The Morgan fingerprint density at radius 3 is 2.67 bits per heavy atom. The number of rotatable bonds is 2. The summed E-state index contributed by atoms with van der Waals surface area (Å²) >= 11 is 0. The van der Waals surface area contributed by atoms with Crippen molar-refractivity contribution >= 4 is 5.95 Å². The highest BCUT2D eigenvalue weighted by molar-refractivity contribution is 5.64. The Bertz CT molecular complexity index is 476. The summed E-state index contributed by atoms with van der Waals surface area (Å²) in [7, 11) is 1.77. The van der Waals surface area contributed by atoms with E-state index < -0.39 is 0 Å². The van der Waals surface area contributed by atoms with E-state index in [2.05, 4.69) is 15.3 Å². The van der Waals surface area contributed by atoms with Gasteiger partial charge in [0.1, 0.15) is 5.82 Å². The van der Waals surface area contributed by atoms with Gasteiger partial charge in [-0.15, -0.1) is 0 Å². The molecule has 3 nitrogen and oxygen atoms in total. The Kier molecular flexibility index (Phi) is 2.41. The summed E-state index contributed by atoms with van der Waals surface area (Å²) < 4.78 is 13.5. The molecule has 2 aromatic rings. The lowest BCUT2D eigenvalue weighted by Crippen LogP contribution is -1.89. The molecule has 2 rings (SSSR count). The number of aryl methyl sites for hydroxylation is 1. The van der Waals surface area contributed by atoms with E-state index in [9.17, 15) is 4.39 Å². The SMILES string of the molecule is CNc1nc(-c2ccccc2F)c(C)[nH]1. The fourth-order valence-electron chi connectivity index (χ4n) is 1.49. The van der Waals surface area contributed by atoms with E-state index in [-0.39, 0.29) is 5.82 Å². The molecule has 78 valence electrons. The molecule has 1 aromatic carbocycles. The van der Waals surface area contributed by atoms with E-state index in [0.29, 0.717) is 17.2 Å². The van der Waals surface area contributed by atoms with Gasteiger partial charge in [-0.25, -0.2) is 9.37 Å². The molecule has 1 heterocycles. The molecule has 0 atom stereocenters. The second-order valence-electron chi connectivity index (χ2n) is 3.29. The maximum atomic E-state index is 13.5. The van der Waals surface area contributed by atoms with Crippen LogP contribution in [0.4, 0.5) is 10.3 Å². The van der Waals surface area contributed by atoms with Crippen LogP contribution in [0, 0.1) is 12.7 Å². The Balaban J connectivity index is 2.54. The number of halogens is 1. The number of anilines is 1. The summed E-state index contributed by atoms with van der Waals surface area (Å²) in [5.41, 5.74) is 2.02. The first-order valence-electron chi connectivity index (χ1n) is 4.71. The van der Waals surface area contributed by atoms with E-state index >= 15 is 0 Å². The Morgan fingerprint density at radius 2 is 2.07 bits per heavy atom. The van der Waals surface area contributed by atoms with Crippen LogP contribution in [0.5, 0.6) is 0 Å². The molecule has 0 saturated heterocycles. The van der Waals surface area contributed by atoms with Gasteiger partial charge in [0, 0.05) is 18.3 Å². The Morgan fingerprint density at radius 1 is 1.33 bits per heavy atom. The van der Waals surface area contributed by atoms with Crippen LogP contribution in [0.25, 0.3) is 11.3 Å². The minimum absolute atomic E-state index is 0.255. The first kappa shape index (κ1) is 9.71. The van der Waals surface area contributed by atoms with Crippen LogP contribution in [-0.4, -0.2) is 17.0 Å². The summed E-state index contributed by atoms with van der Waals surface area (Å²) in [6.07, 6.45) is 0. The van der Waals surface area contributed by atoms with Gasteiger partial charge in [0.25, 0.3) is 0 Å². The van der Waals surface area contributed by atoms with Gasteiger partial charge in [-0.2, -0.15) is 0 Å². The zero-order chi connectivity index (χ0) is 10.8. The van der Waals surface area contributed by atoms with Crippen molar-refractivity contribution in [2.45, 2.75) is 6.92 Å². The topological polar surface area (TPSA) is 40.7 Å². The van der Waals surface area contributed by atoms with Crippen LogP contribution in [-0.2, 0) is 0 Å². The lowest BCUT2D eigenvalue weighted by atomic mass is 10.1. The van der Waals surface area contributed by atoms with Crippen molar-refractivity contribution in [1.29, 1.82) is 0 Å². The minimum atomic E-state index is -0.255. The molecule has 2 N–H and O–H groups in total. The van der Waals surface area contributed by atoms with Crippen molar-refractivity contribution in [3.8, 4) is 11.3 Å². The zero-order valence-corrected chi connectivity index (χ0v) is 8.63. The second-order valence-corrected chi connectivity index (χ2v) is 3.29. The molecule has 0 unspecified atom stereocenters. The quantitative estimate of drug-likeness (QED) is 0.791. The first-order chi connectivity index (χ1) is 7.22. The van der Waals surface area contributed by atoms with Gasteiger partial charge in [0.05, 0.1) is 5.69 Å². The predicted octanol–water partition coefficient (Wildman–Crippen LogP) is 2.57. The molecule has 0 aliphatic heterocycles. The summed E-state index contributed by atoms with van der Waals surface area (Å²) in [6, 6.07) is 6.62. The van der Waals surface area contributed by atoms with Gasteiger partial charge in [-0.1, -0.05) is 12.1 Å². The molecule has 0 bridgehead atoms. The second kappa shape index (κ2) is 3.73. The van der Waals surface area contributed by atoms with Gasteiger partial charge in [0.15, 0.2) is 0 Å². The van der Waals surface area contributed by atoms with Crippen LogP contribution in [0.2, 0.25) is 0 Å². The summed E-state index contributed by atoms with van der Waals surface area (Å²) in [4.78, 5) is 7.28. The van der Waals surface area contributed by atoms with Crippen LogP contribution >= 0.6 is 0 Å². The van der Waals surface area contributed by atoms with Crippen LogP contribution < -0.4 is 5.32 Å². The van der Waals surface area contributed by atoms with E-state index in [1.807, 2.05) is 6.92 Å². The van der Waals surface area contributed by atoms with E-state index in [1.165, 1.54) is 6.07 Å². The van der Waals surface area contributed by atoms with Crippen LogP contribution in [0.1, 0.15) is 5.69 Å². The predicted molar refractivity (Wildman–Crippen MR) is 58.3 cm³/mol. The monoisotopic (exact) mass is 205 g/mol. The number of aromatic nitrogens is 2. The molecule has 0 spiro atoms. The number of nitrogens with one attached hydrogen (secondary N) is 2. The Hall–Kier alpha value is -1.84. The normalized spacial score (nSPS) is 10.3. The third-order valence-electron chi connectivity index (χ3n) is 2.25.